The molecule has 0 aliphatic heterocycles. The molecule has 30 heavy (non-hydrogen) atoms. The van der Waals surface area contributed by atoms with Gasteiger partial charge in [0.2, 0.25) is 0 Å². The van der Waals surface area contributed by atoms with Gasteiger partial charge in [-0.05, 0) is 6.42 Å². The van der Waals surface area contributed by atoms with Crippen molar-refractivity contribution in [2.24, 2.45) is 0 Å². The van der Waals surface area contributed by atoms with E-state index >= 15 is 0 Å². The largest absolute Gasteiger partial charge is 4.00 e. The molecule has 0 fully saturated rings. The van der Waals surface area contributed by atoms with Crippen LogP contribution in [-0.2, 0) is 28.1 Å². The monoisotopic (exact) mass is 449 g/mol. The van der Waals surface area contributed by atoms with Crippen LogP contribution in [0.4, 0.5) is 0 Å². The zero-order valence-corrected chi connectivity index (χ0v) is 20.9. The molecule has 153 valence electrons. The van der Waals surface area contributed by atoms with Crippen LogP contribution in [0.3, 0.4) is 0 Å². The standard InChI is InChI=1S/C13H9.C9H7.C2H7Si.2CH3O.Ti/c1-3-7-12-10(5-1)9-11-6-2-4-8-13(11)12;1-2-5-9-7-3-6-8(9)4-1;1-3-2;2*1-2;/h1-5,7-8H,9H2;1-7H;3H,1-2H3;2*1H3;/q2*-1;;2*-1;+4. The number of rotatable bonds is 0. The molecule has 4 aromatic rings. The molecule has 0 unspecified atom stereocenters. The summed E-state index contributed by atoms with van der Waals surface area (Å²) < 4.78 is 0. The van der Waals surface area contributed by atoms with Crippen molar-refractivity contribution in [2.75, 3.05) is 14.2 Å². The van der Waals surface area contributed by atoms with Gasteiger partial charge in [0.05, 0.1) is 0 Å². The van der Waals surface area contributed by atoms with E-state index < -0.39 is 0 Å². The first-order chi connectivity index (χ1) is 14.3. The van der Waals surface area contributed by atoms with Crippen molar-refractivity contribution in [2.45, 2.75) is 19.5 Å². The maximum atomic E-state index is 8.25. The first-order valence-corrected chi connectivity index (χ1v) is 11.9. The van der Waals surface area contributed by atoms with Crippen molar-refractivity contribution in [1.29, 1.82) is 0 Å². The molecule has 0 saturated carbocycles. The topological polar surface area (TPSA) is 46.1 Å². The quantitative estimate of drug-likeness (QED) is 0.264. The summed E-state index contributed by atoms with van der Waals surface area (Å²) >= 11 is 0. The van der Waals surface area contributed by atoms with E-state index in [9.17, 15) is 0 Å². The molecule has 4 heteroatoms. The van der Waals surface area contributed by atoms with Crippen LogP contribution in [0.1, 0.15) is 11.1 Å². The predicted octanol–water partition coefficient (Wildman–Crippen LogP) is 4.09. The van der Waals surface area contributed by atoms with Crippen LogP contribution in [-0.4, -0.2) is 23.7 Å². The van der Waals surface area contributed by atoms with E-state index in [0.29, 0.717) is 0 Å². The Labute approximate surface area is 198 Å². The second-order valence-corrected chi connectivity index (χ2v) is 7.28. The van der Waals surface area contributed by atoms with Gasteiger partial charge < -0.3 is 10.2 Å². The molecular weight excluding hydrogens is 420 g/mol. The Hall–Kier alpha value is -1.88. The molecule has 0 aromatic heterocycles. The van der Waals surface area contributed by atoms with E-state index in [1.54, 1.807) is 0 Å². The van der Waals surface area contributed by atoms with E-state index in [1.807, 2.05) is 6.07 Å². The Morgan fingerprint density at radius 1 is 0.800 bits per heavy atom. The third-order valence-electron chi connectivity index (χ3n) is 4.16. The predicted molar refractivity (Wildman–Crippen MR) is 124 cm³/mol. The van der Waals surface area contributed by atoms with Gasteiger partial charge in [-0.25, -0.2) is 0 Å². The van der Waals surface area contributed by atoms with Gasteiger partial charge in [0.25, 0.3) is 0 Å². The molecule has 0 N–H and O–H groups in total. The molecule has 0 amide bonds. The molecule has 0 spiro atoms. The van der Waals surface area contributed by atoms with E-state index in [0.717, 1.165) is 30.2 Å². The smallest absolute Gasteiger partial charge is 0.857 e. The second kappa shape index (κ2) is 16.9. The minimum absolute atomic E-state index is 0. The summed E-state index contributed by atoms with van der Waals surface area (Å²) in [6.45, 7) is 4.42. The van der Waals surface area contributed by atoms with Gasteiger partial charge in [0.1, 0.15) is 0 Å². The van der Waals surface area contributed by atoms with Gasteiger partial charge in [0, 0.05) is 9.52 Å². The number of hydrogen-bond donors (Lipinski definition) is 0. The van der Waals surface area contributed by atoms with Crippen molar-refractivity contribution < 1.29 is 31.9 Å². The fraction of sp³-hybridized carbons (Fsp3) is 0.192. The van der Waals surface area contributed by atoms with Crippen LogP contribution in [0.2, 0.25) is 13.1 Å². The van der Waals surface area contributed by atoms with E-state index in [2.05, 4.69) is 98.0 Å². The fourth-order valence-electron chi connectivity index (χ4n) is 3.07. The van der Waals surface area contributed by atoms with Crippen LogP contribution >= 0.6 is 0 Å². The van der Waals surface area contributed by atoms with Gasteiger partial charge >= 0.3 is 21.7 Å². The normalized spacial score (nSPS) is 9.40. The Morgan fingerprint density at radius 3 is 2.10 bits per heavy atom. The first-order valence-electron chi connectivity index (χ1n) is 9.57. The van der Waals surface area contributed by atoms with Crippen LogP contribution in [0, 0.1) is 6.07 Å². The fourth-order valence-corrected chi connectivity index (χ4v) is 3.07. The Bertz CT molecular complexity index is 877. The molecule has 0 heterocycles. The minimum Gasteiger partial charge on any atom is -0.857 e. The Balaban J connectivity index is 0.000000436. The van der Waals surface area contributed by atoms with Crippen LogP contribution in [0.25, 0.3) is 21.9 Å². The second-order valence-electron chi connectivity index (χ2n) is 6.13. The number of benzene rings is 3. The maximum Gasteiger partial charge on any atom is 4.00 e. The summed E-state index contributed by atoms with van der Waals surface area (Å²) in [6, 6.07) is 32.8. The summed E-state index contributed by atoms with van der Waals surface area (Å²) in [4.78, 5) is 0. The van der Waals surface area contributed by atoms with Gasteiger partial charge in [-0.1, -0.05) is 54.6 Å². The Morgan fingerprint density at radius 2 is 1.40 bits per heavy atom. The first kappa shape index (κ1) is 28.1. The summed E-state index contributed by atoms with van der Waals surface area (Å²) in [6.07, 6.45) is 1.05. The van der Waals surface area contributed by atoms with Crippen molar-refractivity contribution in [3.8, 4) is 11.1 Å². The van der Waals surface area contributed by atoms with Gasteiger partial charge in [-0.2, -0.15) is 61.6 Å². The summed E-state index contributed by atoms with van der Waals surface area (Å²) in [7, 11) is 2.25. The third-order valence-corrected chi connectivity index (χ3v) is 4.16. The van der Waals surface area contributed by atoms with Crippen LogP contribution in [0.15, 0.2) is 84.9 Å². The van der Waals surface area contributed by atoms with Crippen molar-refractivity contribution in [1.82, 2.24) is 0 Å². The molecule has 5 rings (SSSR count). The van der Waals surface area contributed by atoms with Gasteiger partial charge in [0.15, 0.2) is 0 Å². The zero-order valence-electron chi connectivity index (χ0n) is 18.2. The summed E-state index contributed by atoms with van der Waals surface area (Å²) in [5.74, 6) is 0. The zero-order chi connectivity index (χ0) is 21.5. The van der Waals surface area contributed by atoms with E-state index in [4.69, 9.17) is 10.2 Å². The molecule has 1 radical (unpaired) electrons. The van der Waals surface area contributed by atoms with Crippen molar-refractivity contribution in [3.05, 3.63) is 102 Å². The van der Waals surface area contributed by atoms with Gasteiger partial charge in [-0.3, -0.25) is 0 Å². The molecular formula is C26H29O2SiTi. The van der Waals surface area contributed by atoms with Gasteiger partial charge in [-0.15, -0.1) is 35.2 Å². The third kappa shape index (κ3) is 8.10. The Kier molecular flexibility index (Phi) is 15.8. The molecule has 2 nitrogen and oxygen atoms in total. The molecule has 0 atom stereocenters. The molecule has 1 aliphatic carbocycles. The van der Waals surface area contributed by atoms with Crippen LogP contribution < -0.4 is 10.2 Å². The summed E-state index contributed by atoms with van der Waals surface area (Å²) in [5.41, 5.74) is 5.51. The number of fused-ring (bicyclic) bond motifs is 4. The summed E-state index contributed by atoms with van der Waals surface area (Å²) in [5, 5.41) is 19.2. The number of hydrogen-bond acceptors (Lipinski definition) is 2. The SMILES string of the molecule is C[O-].C[O-].C[SiH]C.[Ti+4].[c-]1cccc2c1Cc1ccccc1-2.c1ccc2[cH-]ccc2c1. The molecule has 4 aromatic carbocycles. The average molecular weight is 449 g/mol. The van der Waals surface area contributed by atoms with Crippen molar-refractivity contribution in [3.63, 3.8) is 0 Å². The molecule has 1 aliphatic rings. The average Bonchev–Trinajstić information content (AvgIpc) is 3.42. The van der Waals surface area contributed by atoms with Crippen LogP contribution in [0.5, 0.6) is 0 Å². The molecule has 0 saturated heterocycles. The molecule has 0 bridgehead atoms. The van der Waals surface area contributed by atoms with E-state index in [-0.39, 0.29) is 21.7 Å². The van der Waals surface area contributed by atoms with Crippen molar-refractivity contribution >= 4 is 20.3 Å². The minimum atomic E-state index is 0. The maximum absolute atomic E-state index is 8.25. The van der Waals surface area contributed by atoms with E-state index in [1.165, 1.54) is 33.0 Å².